The second-order valence-electron chi connectivity index (χ2n) is 6.49. The number of benzene rings is 1. The Morgan fingerprint density at radius 1 is 1.30 bits per heavy atom. The highest BCUT2D eigenvalue weighted by atomic mass is 35.5. The highest BCUT2D eigenvalue weighted by Crippen LogP contribution is 2.35. The molecule has 7 heteroatoms. The SMILES string of the molecule is N[C@@H]1CS(=O)(=O)[C@H]2CN(Cc3c(Cl)ccc4cccnc34)C[C@@H]12. The Morgan fingerprint density at radius 2 is 2.13 bits per heavy atom. The summed E-state index contributed by atoms with van der Waals surface area (Å²) in [6.07, 6.45) is 1.75. The second-order valence-corrected chi connectivity index (χ2v) is 9.16. The number of pyridine rings is 1. The number of nitrogens with zero attached hydrogens (tertiary/aromatic N) is 2. The number of aromatic nitrogens is 1. The minimum absolute atomic E-state index is 0.0294. The van der Waals surface area contributed by atoms with E-state index in [1.165, 1.54) is 0 Å². The molecule has 1 aromatic heterocycles. The average Bonchev–Trinajstić information content (AvgIpc) is 3.02. The molecule has 3 heterocycles. The maximum Gasteiger partial charge on any atom is 0.156 e. The van der Waals surface area contributed by atoms with Crippen molar-refractivity contribution in [2.45, 2.75) is 17.8 Å². The molecule has 2 aliphatic rings. The first kappa shape index (κ1) is 15.3. The number of fused-ring (bicyclic) bond motifs is 2. The molecule has 2 fully saturated rings. The molecule has 0 radical (unpaired) electrons. The first-order valence-corrected chi connectivity index (χ1v) is 9.76. The van der Waals surface area contributed by atoms with Crippen LogP contribution < -0.4 is 5.73 Å². The molecule has 2 saturated heterocycles. The first-order valence-electron chi connectivity index (χ1n) is 7.67. The largest absolute Gasteiger partial charge is 0.326 e. The van der Waals surface area contributed by atoms with Crippen molar-refractivity contribution in [3.63, 3.8) is 0 Å². The Hall–Kier alpha value is -1.21. The van der Waals surface area contributed by atoms with Crippen LogP contribution in [0.1, 0.15) is 5.56 Å². The molecule has 122 valence electrons. The summed E-state index contributed by atoms with van der Waals surface area (Å²) in [6, 6.07) is 7.47. The second kappa shape index (κ2) is 5.41. The van der Waals surface area contributed by atoms with E-state index >= 15 is 0 Å². The van der Waals surface area contributed by atoms with Crippen molar-refractivity contribution in [1.82, 2.24) is 9.88 Å². The Kier molecular flexibility index (Phi) is 3.61. The van der Waals surface area contributed by atoms with Crippen molar-refractivity contribution < 1.29 is 8.42 Å². The maximum absolute atomic E-state index is 12.2. The maximum atomic E-state index is 12.2. The van der Waals surface area contributed by atoms with Gasteiger partial charge in [-0.05, 0) is 12.1 Å². The van der Waals surface area contributed by atoms with Crippen molar-refractivity contribution in [1.29, 1.82) is 0 Å². The van der Waals surface area contributed by atoms with Crippen LogP contribution in [0.5, 0.6) is 0 Å². The minimum atomic E-state index is -3.07. The predicted molar refractivity (Wildman–Crippen MR) is 91.1 cm³/mol. The van der Waals surface area contributed by atoms with Gasteiger partial charge in [0.2, 0.25) is 0 Å². The normalized spacial score (nSPS) is 29.9. The van der Waals surface area contributed by atoms with Crippen molar-refractivity contribution in [3.8, 4) is 0 Å². The van der Waals surface area contributed by atoms with E-state index in [0.717, 1.165) is 16.5 Å². The van der Waals surface area contributed by atoms with E-state index in [9.17, 15) is 8.42 Å². The van der Waals surface area contributed by atoms with Gasteiger partial charge >= 0.3 is 0 Å². The Morgan fingerprint density at radius 3 is 2.91 bits per heavy atom. The average molecular weight is 352 g/mol. The third kappa shape index (κ3) is 2.54. The molecule has 0 bridgehead atoms. The molecule has 1 aromatic carbocycles. The predicted octanol–water partition coefficient (Wildman–Crippen LogP) is 1.44. The summed E-state index contributed by atoms with van der Waals surface area (Å²) >= 11 is 6.38. The fourth-order valence-electron chi connectivity index (χ4n) is 3.87. The molecule has 0 spiro atoms. The third-order valence-electron chi connectivity index (χ3n) is 5.02. The van der Waals surface area contributed by atoms with E-state index in [4.69, 9.17) is 17.3 Å². The molecule has 3 atom stereocenters. The first-order chi connectivity index (χ1) is 11.0. The summed E-state index contributed by atoms with van der Waals surface area (Å²) < 4.78 is 24.4. The van der Waals surface area contributed by atoms with E-state index in [0.29, 0.717) is 24.7 Å². The lowest BCUT2D eigenvalue weighted by atomic mass is 10.0. The number of hydrogen-bond acceptors (Lipinski definition) is 5. The van der Waals surface area contributed by atoms with Gasteiger partial charge in [0.05, 0.1) is 16.5 Å². The zero-order chi connectivity index (χ0) is 16.2. The molecule has 23 heavy (non-hydrogen) atoms. The van der Waals surface area contributed by atoms with Gasteiger partial charge in [-0.1, -0.05) is 23.7 Å². The number of rotatable bonds is 2. The number of hydrogen-bond donors (Lipinski definition) is 1. The zero-order valence-corrected chi connectivity index (χ0v) is 14.1. The minimum Gasteiger partial charge on any atom is -0.326 e. The van der Waals surface area contributed by atoms with E-state index in [1.807, 2.05) is 24.3 Å². The van der Waals surface area contributed by atoms with Crippen LogP contribution in [-0.4, -0.2) is 48.4 Å². The molecular formula is C16H18ClN3O2S. The van der Waals surface area contributed by atoms with E-state index in [-0.39, 0.29) is 23.0 Å². The van der Waals surface area contributed by atoms with Crippen LogP contribution in [-0.2, 0) is 16.4 Å². The molecule has 2 aromatic rings. The van der Waals surface area contributed by atoms with Gasteiger partial charge in [0.1, 0.15) is 0 Å². The summed E-state index contributed by atoms with van der Waals surface area (Å²) in [4.78, 5) is 6.59. The van der Waals surface area contributed by atoms with Gasteiger partial charge in [0.25, 0.3) is 0 Å². The Balaban J connectivity index is 1.65. The van der Waals surface area contributed by atoms with E-state index in [1.54, 1.807) is 6.20 Å². The highest BCUT2D eigenvalue weighted by molar-refractivity contribution is 7.92. The van der Waals surface area contributed by atoms with Crippen molar-refractivity contribution >= 4 is 32.3 Å². The summed E-state index contributed by atoms with van der Waals surface area (Å²) in [7, 11) is -3.07. The van der Waals surface area contributed by atoms with Crippen LogP contribution in [0.25, 0.3) is 10.9 Å². The molecule has 5 nitrogen and oxygen atoms in total. The van der Waals surface area contributed by atoms with Gasteiger partial charge in [0.15, 0.2) is 9.84 Å². The summed E-state index contributed by atoms with van der Waals surface area (Å²) in [5, 5.41) is 1.37. The molecule has 2 N–H and O–H groups in total. The van der Waals surface area contributed by atoms with Gasteiger partial charge in [-0.2, -0.15) is 0 Å². The number of sulfone groups is 1. The van der Waals surface area contributed by atoms with Crippen LogP contribution >= 0.6 is 11.6 Å². The van der Waals surface area contributed by atoms with Gasteiger partial charge in [0, 0.05) is 53.8 Å². The highest BCUT2D eigenvalue weighted by Gasteiger charge is 2.50. The molecular weight excluding hydrogens is 334 g/mol. The van der Waals surface area contributed by atoms with Gasteiger partial charge in [-0.25, -0.2) is 8.42 Å². The lowest BCUT2D eigenvalue weighted by molar-refractivity contribution is 0.309. The quantitative estimate of drug-likeness (QED) is 0.886. The number of nitrogens with two attached hydrogens (primary N) is 1. The zero-order valence-electron chi connectivity index (χ0n) is 12.5. The van der Waals surface area contributed by atoms with Crippen molar-refractivity contribution in [2.24, 2.45) is 11.7 Å². The summed E-state index contributed by atoms with van der Waals surface area (Å²) in [5.74, 6) is 0.147. The Labute approximate surface area is 140 Å². The van der Waals surface area contributed by atoms with E-state index in [2.05, 4.69) is 9.88 Å². The van der Waals surface area contributed by atoms with E-state index < -0.39 is 9.84 Å². The summed E-state index contributed by atoms with van der Waals surface area (Å²) in [5.41, 5.74) is 7.86. The molecule has 4 rings (SSSR count). The molecule has 2 aliphatic heterocycles. The van der Waals surface area contributed by atoms with Crippen LogP contribution in [0.4, 0.5) is 0 Å². The fraction of sp³-hybridized carbons (Fsp3) is 0.438. The van der Waals surface area contributed by atoms with Crippen molar-refractivity contribution in [3.05, 3.63) is 41.0 Å². The van der Waals surface area contributed by atoms with Crippen LogP contribution in [0.2, 0.25) is 5.02 Å². The van der Waals surface area contributed by atoms with Crippen molar-refractivity contribution in [2.75, 3.05) is 18.8 Å². The van der Waals surface area contributed by atoms with Crippen LogP contribution in [0, 0.1) is 5.92 Å². The number of likely N-dealkylation sites (tertiary alicyclic amines) is 1. The van der Waals surface area contributed by atoms with Gasteiger partial charge < -0.3 is 5.73 Å². The van der Waals surface area contributed by atoms with Gasteiger partial charge in [-0.15, -0.1) is 0 Å². The fourth-order valence-corrected chi connectivity index (χ4v) is 6.37. The smallest absolute Gasteiger partial charge is 0.156 e. The molecule has 0 unspecified atom stereocenters. The monoisotopic (exact) mass is 351 g/mol. The lowest BCUT2D eigenvalue weighted by Crippen LogP contribution is -2.33. The molecule has 0 saturated carbocycles. The van der Waals surface area contributed by atoms with Gasteiger partial charge in [-0.3, -0.25) is 9.88 Å². The summed E-state index contributed by atoms with van der Waals surface area (Å²) in [6.45, 7) is 1.83. The molecule has 0 aliphatic carbocycles. The number of halogens is 1. The topological polar surface area (TPSA) is 76.3 Å². The third-order valence-corrected chi connectivity index (χ3v) is 7.65. The van der Waals surface area contributed by atoms with Crippen LogP contribution in [0.15, 0.2) is 30.5 Å². The molecule has 0 amide bonds. The van der Waals surface area contributed by atoms with Crippen LogP contribution in [0.3, 0.4) is 0 Å². The Bertz CT molecular complexity index is 871. The standard InChI is InChI=1S/C16H18ClN3O2S/c17-13-4-3-10-2-1-5-19-16(10)11(13)6-20-7-12-14(18)9-23(21,22)15(12)8-20/h1-5,12,14-15H,6-9,18H2/t12-,14+,15-/m0/s1. The lowest BCUT2D eigenvalue weighted by Gasteiger charge is -2.19.